The molecule has 0 spiro atoms. The summed E-state index contributed by atoms with van der Waals surface area (Å²) < 4.78 is 0. The highest BCUT2D eigenvalue weighted by molar-refractivity contribution is 8.00. The van der Waals surface area contributed by atoms with E-state index in [0.717, 1.165) is 16.8 Å². The summed E-state index contributed by atoms with van der Waals surface area (Å²) in [4.78, 5) is 36.5. The van der Waals surface area contributed by atoms with Crippen molar-refractivity contribution in [2.75, 3.05) is 28.3 Å². The van der Waals surface area contributed by atoms with E-state index in [9.17, 15) is 19.7 Å². The summed E-state index contributed by atoms with van der Waals surface area (Å²) in [6.45, 7) is 2.48. The van der Waals surface area contributed by atoms with Crippen molar-refractivity contribution < 1.29 is 14.5 Å². The molecular weight excluding hydrogens is 366 g/mol. The molecule has 2 aromatic carbocycles. The van der Waals surface area contributed by atoms with Crippen LogP contribution in [0.2, 0.25) is 0 Å². The Morgan fingerprint density at radius 1 is 1.19 bits per heavy atom. The van der Waals surface area contributed by atoms with Gasteiger partial charge >= 0.3 is 0 Å². The number of nitro groups is 1. The zero-order valence-corrected chi connectivity index (χ0v) is 15.6. The SMILES string of the molecule is Cc1ccc(NC(=O)CSCC(=O)N2CCc3ccc([N+](=O)[O-])cc32)cc1. The van der Waals surface area contributed by atoms with E-state index in [1.54, 1.807) is 11.0 Å². The predicted octanol–water partition coefficient (Wildman–Crippen LogP) is 3.16. The number of nitro benzene ring substituents is 1. The molecular formula is C19H19N3O4S. The summed E-state index contributed by atoms with van der Waals surface area (Å²) in [5.74, 6) is -0.0184. The molecule has 0 atom stereocenters. The number of non-ortho nitro benzene ring substituents is 1. The van der Waals surface area contributed by atoms with Gasteiger partial charge in [-0.25, -0.2) is 0 Å². The summed E-state index contributed by atoms with van der Waals surface area (Å²) in [5.41, 5.74) is 3.32. The standard InChI is InChI=1S/C19H19N3O4S/c1-13-2-5-15(6-3-13)20-18(23)11-27-12-19(24)21-9-8-14-4-7-16(22(25)26)10-17(14)21/h2-7,10H,8-9,11-12H2,1H3,(H,20,23). The van der Waals surface area contributed by atoms with E-state index in [1.807, 2.05) is 31.2 Å². The molecule has 140 valence electrons. The topological polar surface area (TPSA) is 92.6 Å². The Kier molecular flexibility index (Phi) is 5.75. The lowest BCUT2D eigenvalue weighted by Crippen LogP contribution is -2.31. The van der Waals surface area contributed by atoms with Crippen molar-refractivity contribution in [2.45, 2.75) is 13.3 Å². The van der Waals surface area contributed by atoms with E-state index in [0.29, 0.717) is 18.7 Å². The first kappa shape index (κ1) is 18.9. The predicted molar refractivity (Wildman–Crippen MR) is 106 cm³/mol. The number of rotatable bonds is 6. The zero-order valence-electron chi connectivity index (χ0n) is 14.8. The van der Waals surface area contributed by atoms with E-state index in [2.05, 4.69) is 5.32 Å². The third kappa shape index (κ3) is 4.65. The van der Waals surface area contributed by atoms with Gasteiger partial charge in [-0.2, -0.15) is 0 Å². The maximum atomic E-state index is 12.5. The molecule has 0 unspecified atom stereocenters. The molecule has 3 rings (SSSR count). The smallest absolute Gasteiger partial charge is 0.271 e. The van der Waals surface area contributed by atoms with Crippen molar-refractivity contribution in [3.63, 3.8) is 0 Å². The number of hydrogen-bond acceptors (Lipinski definition) is 5. The highest BCUT2D eigenvalue weighted by atomic mass is 32.2. The number of carbonyl (C=O) groups excluding carboxylic acids is 2. The minimum Gasteiger partial charge on any atom is -0.325 e. The highest BCUT2D eigenvalue weighted by Gasteiger charge is 2.26. The van der Waals surface area contributed by atoms with Gasteiger partial charge in [-0.15, -0.1) is 11.8 Å². The van der Waals surface area contributed by atoms with Gasteiger partial charge < -0.3 is 10.2 Å². The van der Waals surface area contributed by atoms with Crippen LogP contribution in [0.3, 0.4) is 0 Å². The number of nitrogens with zero attached hydrogens (tertiary/aromatic N) is 2. The molecule has 27 heavy (non-hydrogen) atoms. The second-order valence-corrected chi connectivity index (χ2v) is 7.26. The number of fused-ring (bicyclic) bond motifs is 1. The minimum absolute atomic E-state index is 0.0291. The van der Waals surface area contributed by atoms with Crippen LogP contribution in [0.4, 0.5) is 17.1 Å². The minimum atomic E-state index is -0.467. The lowest BCUT2D eigenvalue weighted by atomic mass is 10.1. The molecule has 1 heterocycles. The molecule has 0 radical (unpaired) electrons. The van der Waals surface area contributed by atoms with Crippen molar-refractivity contribution in [3.8, 4) is 0 Å². The normalized spacial score (nSPS) is 12.6. The van der Waals surface area contributed by atoms with Crippen molar-refractivity contribution in [1.29, 1.82) is 0 Å². The largest absolute Gasteiger partial charge is 0.325 e. The van der Waals surface area contributed by atoms with Gasteiger partial charge in [0.05, 0.1) is 22.1 Å². The van der Waals surface area contributed by atoms with Crippen LogP contribution in [0.15, 0.2) is 42.5 Å². The number of carbonyl (C=O) groups is 2. The van der Waals surface area contributed by atoms with E-state index in [1.165, 1.54) is 23.9 Å². The molecule has 8 heteroatoms. The summed E-state index contributed by atoms with van der Waals surface area (Å²) in [6.07, 6.45) is 0.678. The van der Waals surface area contributed by atoms with E-state index in [-0.39, 0.29) is 29.0 Å². The van der Waals surface area contributed by atoms with Crippen molar-refractivity contribution in [2.24, 2.45) is 0 Å². The molecule has 0 fully saturated rings. The van der Waals surface area contributed by atoms with Crippen molar-refractivity contribution >= 4 is 40.6 Å². The summed E-state index contributed by atoms with van der Waals surface area (Å²) in [5, 5.41) is 13.7. The molecule has 0 saturated heterocycles. The molecule has 0 bridgehead atoms. The Hall–Kier alpha value is -2.87. The Bertz CT molecular complexity index is 883. The van der Waals surface area contributed by atoms with E-state index < -0.39 is 4.92 Å². The first-order chi connectivity index (χ1) is 12.9. The molecule has 2 amide bonds. The zero-order chi connectivity index (χ0) is 19.4. The fourth-order valence-electron chi connectivity index (χ4n) is 2.88. The first-order valence-electron chi connectivity index (χ1n) is 8.46. The Morgan fingerprint density at radius 2 is 1.93 bits per heavy atom. The second kappa shape index (κ2) is 8.22. The lowest BCUT2D eigenvalue weighted by Gasteiger charge is -2.17. The number of benzene rings is 2. The fourth-order valence-corrected chi connectivity index (χ4v) is 3.57. The Balaban J connectivity index is 1.52. The quantitative estimate of drug-likeness (QED) is 0.609. The summed E-state index contributed by atoms with van der Waals surface area (Å²) >= 11 is 1.23. The molecule has 1 aliphatic rings. The first-order valence-corrected chi connectivity index (χ1v) is 9.61. The third-order valence-electron chi connectivity index (χ3n) is 4.27. The van der Waals surface area contributed by atoms with Crippen molar-refractivity contribution in [1.82, 2.24) is 0 Å². The van der Waals surface area contributed by atoms with Gasteiger partial charge in [0.2, 0.25) is 11.8 Å². The number of hydrogen-bond donors (Lipinski definition) is 1. The fraction of sp³-hybridized carbons (Fsp3) is 0.263. The van der Waals surface area contributed by atoms with Crippen LogP contribution in [0.1, 0.15) is 11.1 Å². The van der Waals surface area contributed by atoms with Gasteiger partial charge in [-0.3, -0.25) is 19.7 Å². The van der Waals surface area contributed by atoms with Crippen LogP contribution < -0.4 is 10.2 Å². The molecule has 0 saturated carbocycles. The van der Waals surface area contributed by atoms with Gasteiger partial charge in [-0.05, 0) is 31.0 Å². The van der Waals surface area contributed by atoms with Crippen LogP contribution in [-0.4, -0.2) is 34.8 Å². The molecule has 0 aliphatic carbocycles. The Labute approximate surface area is 160 Å². The van der Waals surface area contributed by atoms with Gasteiger partial charge in [0.1, 0.15) is 0 Å². The average Bonchev–Trinajstić information content (AvgIpc) is 3.06. The molecule has 1 aliphatic heterocycles. The van der Waals surface area contributed by atoms with Gasteiger partial charge in [0.25, 0.3) is 5.69 Å². The van der Waals surface area contributed by atoms with Crippen molar-refractivity contribution in [3.05, 3.63) is 63.7 Å². The summed E-state index contributed by atoms with van der Waals surface area (Å²) in [6, 6.07) is 12.1. The number of amides is 2. The van der Waals surface area contributed by atoms with Crippen LogP contribution in [0.5, 0.6) is 0 Å². The number of nitrogens with one attached hydrogen (secondary N) is 1. The monoisotopic (exact) mass is 385 g/mol. The number of anilines is 2. The van der Waals surface area contributed by atoms with Crippen LogP contribution in [-0.2, 0) is 16.0 Å². The van der Waals surface area contributed by atoms with Gasteiger partial charge in [0.15, 0.2) is 0 Å². The summed E-state index contributed by atoms with van der Waals surface area (Å²) in [7, 11) is 0. The third-order valence-corrected chi connectivity index (χ3v) is 5.19. The molecule has 0 aromatic heterocycles. The van der Waals surface area contributed by atoms with E-state index >= 15 is 0 Å². The second-order valence-electron chi connectivity index (χ2n) is 6.27. The lowest BCUT2D eigenvalue weighted by molar-refractivity contribution is -0.384. The Morgan fingerprint density at radius 3 is 2.63 bits per heavy atom. The van der Waals surface area contributed by atoms with Crippen LogP contribution in [0.25, 0.3) is 0 Å². The van der Waals surface area contributed by atoms with E-state index in [4.69, 9.17) is 0 Å². The molecule has 1 N–H and O–H groups in total. The van der Waals surface area contributed by atoms with Gasteiger partial charge in [0, 0.05) is 24.4 Å². The van der Waals surface area contributed by atoms with Crippen LogP contribution >= 0.6 is 11.8 Å². The highest BCUT2D eigenvalue weighted by Crippen LogP contribution is 2.32. The maximum Gasteiger partial charge on any atom is 0.271 e. The number of thioether (sulfide) groups is 1. The van der Waals surface area contributed by atoms with Crippen LogP contribution in [0, 0.1) is 17.0 Å². The average molecular weight is 385 g/mol. The maximum absolute atomic E-state index is 12.5. The molecule has 7 nitrogen and oxygen atoms in total. The molecule has 2 aromatic rings. The van der Waals surface area contributed by atoms with Gasteiger partial charge in [-0.1, -0.05) is 23.8 Å². The number of aryl methyl sites for hydroxylation is 1.